The molecule has 0 unspecified atom stereocenters. The fraction of sp³-hybridized carbons (Fsp3) is 0.0667. The van der Waals surface area contributed by atoms with Crippen LogP contribution in [0, 0.1) is 6.92 Å². The molecule has 3 N–H and O–H groups in total. The van der Waals surface area contributed by atoms with Gasteiger partial charge in [-0.1, -0.05) is 12.1 Å². The van der Waals surface area contributed by atoms with Crippen molar-refractivity contribution in [1.29, 1.82) is 0 Å². The van der Waals surface area contributed by atoms with Crippen molar-refractivity contribution in [2.45, 2.75) is 6.92 Å². The van der Waals surface area contributed by atoms with Gasteiger partial charge in [0.15, 0.2) is 0 Å². The number of hydrogen-bond acceptors (Lipinski definition) is 5. The molecule has 0 atom stereocenters. The predicted octanol–water partition coefficient (Wildman–Crippen LogP) is 4.26. The minimum Gasteiger partial charge on any atom is -0.391 e. The van der Waals surface area contributed by atoms with Crippen LogP contribution in [0.15, 0.2) is 48.7 Å². The Hall–Kier alpha value is -2.11. The predicted molar refractivity (Wildman–Crippen MR) is 91.5 cm³/mol. The molecule has 6 heteroatoms. The fourth-order valence-corrected chi connectivity index (χ4v) is 2.64. The van der Waals surface area contributed by atoms with Crippen LogP contribution in [-0.4, -0.2) is 9.97 Å². The first-order valence-corrected chi connectivity index (χ1v) is 7.05. The number of aromatic nitrogens is 2. The Morgan fingerprint density at radius 2 is 2.00 bits per heavy atom. The largest absolute Gasteiger partial charge is 0.391 e. The van der Waals surface area contributed by atoms with Gasteiger partial charge in [-0.15, -0.1) is 23.7 Å². The number of benzene rings is 1. The van der Waals surface area contributed by atoms with Gasteiger partial charge in [0, 0.05) is 11.9 Å². The standard InChI is InChI=1S/C15H14N4S.ClH/c1-10-3-2-4-11(9-10)18-15-17-8-7-12(19-15)13-5-6-14(16)20-13;/h2-9H,16H2,1H3,(H,17,18,19);1H. The van der Waals surface area contributed by atoms with Gasteiger partial charge in [0.2, 0.25) is 5.95 Å². The second-order valence-corrected chi connectivity index (χ2v) is 5.58. The smallest absolute Gasteiger partial charge is 0.227 e. The molecular weight excluding hydrogens is 304 g/mol. The SMILES string of the molecule is Cc1cccc(Nc2nccc(-c3ccc(N)s3)n2)c1.Cl. The molecule has 0 aliphatic heterocycles. The number of nitrogens with zero attached hydrogens (tertiary/aromatic N) is 2. The Morgan fingerprint density at radius 3 is 2.71 bits per heavy atom. The van der Waals surface area contributed by atoms with Crippen LogP contribution in [0.2, 0.25) is 0 Å². The highest BCUT2D eigenvalue weighted by atomic mass is 35.5. The highest BCUT2D eigenvalue weighted by Crippen LogP contribution is 2.28. The number of nitrogens with one attached hydrogen (secondary N) is 1. The summed E-state index contributed by atoms with van der Waals surface area (Å²) < 4.78 is 0. The van der Waals surface area contributed by atoms with Crippen LogP contribution in [0.3, 0.4) is 0 Å². The summed E-state index contributed by atoms with van der Waals surface area (Å²) in [7, 11) is 0. The van der Waals surface area contributed by atoms with E-state index in [0.717, 1.165) is 21.3 Å². The second kappa shape index (κ2) is 6.56. The molecule has 0 saturated carbocycles. The highest BCUT2D eigenvalue weighted by Gasteiger charge is 2.05. The van der Waals surface area contributed by atoms with E-state index in [2.05, 4.69) is 34.3 Å². The van der Waals surface area contributed by atoms with Crippen molar-refractivity contribution in [2.75, 3.05) is 11.1 Å². The summed E-state index contributed by atoms with van der Waals surface area (Å²) in [6, 6.07) is 13.8. The van der Waals surface area contributed by atoms with E-state index in [1.54, 1.807) is 6.20 Å². The summed E-state index contributed by atoms with van der Waals surface area (Å²) in [5.41, 5.74) is 8.80. The van der Waals surface area contributed by atoms with Crippen LogP contribution in [-0.2, 0) is 0 Å². The average molecular weight is 319 g/mol. The Labute approximate surface area is 133 Å². The molecule has 0 bridgehead atoms. The third-order valence-corrected chi connectivity index (χ3v) is 3.75. The van der Waals surface area contributed by atoms with Crippen molar-refractivity contribution in [3.63, 3.8) is 0 Å². The van der Waals surface area contributed by atoms with Crippen LogP contribution in [0.25, 0.3) is 10.6 Å². The van der Waals surface area contributed by atoms with E-state index >= 15 is 0 Å². The first-order chi connectivity index (χ1) is 9.70. The maximum Gasteiger partial charge on any atom is 0.227 e. The lowest BCUT2D eigenvalue weighted by Crippen LogP contribution is -1.97. The maximum atomic E-state index is 5.75. The van der Waals surface area contributed by atoms with E-state index in [0.29, 0.717) is 5.95 Å². The zero-order chi connectivity index (χ0) is 13.9. The van der Waals surface area contributed by atoms with Crippen molar-refractivity contribution >= 4 is 40.4 Å². The van der Waals surface area contributed by atoms with Gasteiger partial charge < -0.3 is 11.1 Å². The lowest BCUT2D eigenvalue weighted by Gasteiger charge is -2.06. The molecule has 2 heterocycles. The van der Waals surface area contributed by atoms with Crippen LogP contribution >= 0.6 is 23.7 Å². The van der Waals surface area contributed by atoms with Crippen molar-refractivity contribution < 1.29 is 0 Å². The van der Waals surface area contributed by atoms with E-state index in [1.165, 1.54) is 16.9 Å². The molecule has 2 aromatic heterocycles. The molecule has 108 valence electrons. The van der Waals surface area contributed by atoms with Crippen molar-refractivity contribution in [2.24, 2.45) is 0 Å². The van der Waals surface area contributed by atoms with Gasteiger partial charge in [0.05, 0.1) is 15.6 Å². The zero-order valence-electron chi connectivity index (χ0n) is 11.4. The second-order valence-electron chi connectivity index (χ2n) is 4.46. The first-order valence-electron chi connectivity index (χ1n) is 6.23. The zero-order valence-corrected chi connectivity index (χ0v) is 13.0. The quantitative estimate of drug-likeness (QED) is 0.757. The van der Waals surface area contributed by atoms with Crippen LogP contribution in [0.5, 0.6) is 0 Å². The number of anilines is 3. The number of aryl methyl sites for hydroxylation is 1. The average Bonchev–Trinajstić information content (AvgIpc) is 2.86. The number of halogens is 1. The summed E-state index contributed by atoms with van der Waals surface area (Å²) in [6.07, 6.45) is 1.75. The topological polar surface area (TPSA) is 63.8 Å². The molecular formula is C15H15ClN4S. The van der Waals surface area contributed by atoms with Crippen LogP contribution < -0.4 is 11.1 Å². The number of rotatable bonds is 3. The molecule has 0 amide bonds. The summed E-state index contributed by atoms with van der Waals surface area (Å²) in [4.78, 5) is 9.80. The number of thiophene rings is 1. The molecule has 0 aliphatic carbocycles. The molecule has 3 rings (SSSR count). The van der Waals surface area contributed by atoms with Gasteiger partial charge in [-0.25, -0.2) is 9.97 Å². The third-order valence-electron chi connectivity index (χ3n) is 2.81. The van der Waals surface area contributed by atoms with Gasteiger partial charge in [0.1, 0.15) is 0 Å². The number of hydrogen-bond donors (Lipinski definition) is 2. The lowest BCUT2D eigenvalue weighted by atomic mass is 10.2. The van der Waals surface area contributed by atoms with Gasteiger partial charge in [0.25, 0.3) is 0 Å². The van der Waals surface area contributed by atoms with Gasteiger partial charge >= 0.3 is 0 Å². The summed E-state index contributed by atoms with van der Waals surface area (Å²) in [6.45, 7) is 2.05. The summed E-state index contributed by atoms with van der Waals surface area (Å²) in [5.74, 6) is 0.583. The highest BCUT2D eigenvalue weighted by molar-refractivity contribution is 7.19. The van der Waals surface area contributed by atoms with E-state index in [-0.39, 0.29) is 12.4 Å². The van der Waals surface area contributed by atoms with Gasteiger partial charge in [-0.3, -0.25) is 0 Å². The van der Waals surface area contributed by atoms with Gasteiger partial charge in [-0.2, -0.15) is 0 Å². The van der Waals surface area contributed by atoms with Crippen molar-refractivity contribution in [1.82, 2.24) is 9.97 Å². The van der Waals surface area contributed by atoms with E-state index in [1.807, 2.05) is 30.3 Å². The maximum absolute atomic E-state index is 5.75. The third kappa shape index (κ3) is 3.71. The molecule has 0 saturated heterocycles. The minimum atomic E-state index is 0. The molecule has 4 nitrogen and oxygen atoms in total. The normalized spacial score (nSPS) is 9.95. The molecule has 0 fully saturated rings. The number of nitrogen functional groups attached to an aromatic ring is 1. The minimum absolute atomic E-state index is 0. The van der Waals surface area contributed by atoms with E-state index < -0.39 is 0 Å². The molecule has 0 spiro atoms. The number of nitrogens with two attached hydrogens (primary N) is 1. The molecule has 21 heavy (non-hydrogen) atoms. The van der Waals surface area contributed by atoms with Crippen LogP contribution in [0.4, 0.5) is 16.6 Å². The molecule has 0 aliphatic rings. The monoisotopic (exact) mass is 318 g/mol. The Kier molecular flexibility index (Phi) is 4.77. The Bertz CT molecular complexity index is 742. The molecule has 1 aromatic carbocycles. The first kappa shape index (κ1) is 15.3. The fourth-order valence-electron chi connectivity index (χ4n) is 1.90. The van der Waals surface area contributed by atoms with Crippen molar-refractivity contribution in [3.8, 4) is 10.6 Å². The summed E-state index contributed by atoms with van der Waals surface area (Å²) >= 11 is 1.52. The van der Waals surface area contributed by atoms with E-state index in [4.69, 9.17) is 5.73 Å². The van der Waals surface area contributed by atoms with E-state index in [9.17, 15) is 0 Å². The van der Waals surface area contributed by atoms with Gasteiger partial charge in [-0.05, 0) is 42.8 Å². The Balaban J connectivity index is 0.00000161. The van der Waals surface area contributed by atoms with Crippen LogP contribution in [0.1, 0.15) is 5.56 Å². The lowest BCUT2D eigenvalue weighted by molar-refractivity contribution is 1.17. The summed E-state index contributed by atoms with van der Waals surface area (Å²) in [5, 5.41) is 4.00. The van der Waals surface area contributed by atoms with Crippen molar-refractivity contribution in [3.05, 3.63) is 54.2 Å². The molecule has 3 aromatic rings. The Morgan fingerprint density at radius 1 is 1.14 bits per heavy atom. The molecule has 0 radical (unpaired) electrons.